The minimum atomic E-state index is -0.360. The summed E-state index contributed by atoms with van der Waals surface area (Å²) in [6, 6.07) is 7.77. The number of amides is 1. The largest absolute Gasteiger partial charge is 0.395 e. The Kier molecular flexibility index (Phi) is 7.30. The molecule has 124 valence electrons. The highest BCUT2D eigenvalue weighted by Crippen LogP contribution is 2.21. The molecule has 23 heavy (non-hydrogen) atoms. The van der Waals surface area contributed by atoms with Crippen LogP contribution in [0.3, 0.4) is 0 Å². The van der Waals surface area contributed by atoms with Gasteiger partial charge in [-0.1, -0.05) is 6.07 Å². The molecule has 0 aliphatic heterocycles. The van der Waals surface area contributed by atoms with E-state index in [1.807, 2.05) is 52.0 Å². The van der Waals surface area contributed by atoms with Crippen LogP contribution in [0.2, 0.25) is 0 Å². The molecule has 5 nitrogen and oxygen atoms in total. The Balaban J connectivity index is 3.07. The minimum absolute atomic E-state index is 0.0145. The van der Waals surface area contributed by atoms with Crippen molar-refractivity contribution in [3.05, 3.63) is 34.9 Å². The van der Waals surface area contributed by atoms with E-state index in [-0.39, 0.29) is 24.1 Å². The van der Waals surface area contributed by atoms with Gasteiger partial charge in [0, 0.05) is 24.8 Å². The van der Waals surface area contributed by atoms with Gasteiger partial charge in [0.25, 0.3) is 5.91 Å². The van der Waals surface area contributed by atoms with Gasteiger partial charge in [-0.3, -0.25) is 4.79 Å². The second kappa shape index (κ2) is 8.96. The van der Waals surface area contributed by atoms with E-state index in [2.05, 4.69) is 10.2 Å². The normalized spacial score (nSPS) is 11.3. The average Bonchev–Trinajstić information content (AvgIpc) is 2.50. The predicted octanol–water partition coefficient (Wildman–Crippen LogP) is 2.25. The SMILES string of the molecule is CCN(CCO)c1ccc(/C=C(\C#N)C(=O)NC(C)C)c(C)c1. The molecule has 0 saturated heterocycles. The number of carbonyl (C=O) groups is 1. The van der Waals surface area contributed by atoms with Gasteiger partial charge in [-0.15, -0.1) is 0 Å². The highest BCUT2D eigenvalue weighted by molar-refractivity contribution is 6.02. The van der Waals surface area contributed by atoms with Crippen LogP contribution in [-0.4, -0.2) is 36.8 Å². The molecule has 5 heteroatoms. The molecule has 0 saturated carbocycles. The Hall–Kier alpha value is -2.32. The van der Waals surface area contributed by atoms with Crippen LogP contribution in [0.4, 0.5) is 5.69 Å². The van der Waals surface area contributed by atoms with E-state index in [1.54, 1.807) is 6.08 Å². The summed E-state index contributed by atoms with van der Waals surface area (Å²) >= 11 is 0. The van der Waals surface area contributed by atoms with Crippen LogP contribution in [-0.2, 0) is 4.79 Å². The molecule has 0 unspecified atom stereocenters. The maximum absolute atomic E-state index is 12.0. The topological polar surface area (TPSA) is 76.4 Å². The first-order valence-corrected chi connectivity index (χ1v) is 7.82. The summed E-state index contributed by atoms with van der Waals surface area (Å²) < 4.78 is 0. The summed E-state index contributed by atoms with van der Waals surface area (Å²) in [6.45, 7) is 9.16. The maximum atomic E-state index is 12.0. The van der Waals surface area contributed by atoms with E-state index < -0.39 is 0 Å². The monoisotopic (exact) mass is 315 g/mol. The number of anilines is 1. The van der Waals surface area contributed by atoms with Crippen molar-refractivity contribution in [3.8, 4) is 6.07 Å². The number of aryl methyl sites for hydroxylation is 1. The first-order valence-electron chi connectivity index (χ1n) is 7.82. The van der Waals surface area contributed by atoms with Crippen molar-refractivity contribution in [1.82, 2.24) is 5.32 Å². The van der Waals surface area contributed by atoms with Crippen molar-refractivity contribution in [2.75, 3.05) is 24.6 Å². The lowest BCUT2D eigenvalue weighted by Gasteiger charge is -2.22. The van der Waals surface area contributed by atoms with Gasteiger partial charge in [0.05, 0.1) is 6.61 Å². The molecule has 0 spiro atoms. The second-order valence-electron chi connectivity index (χ2n) is 5.64. The molecule has 2 N–H and O–H groups in total. The van der Waals surface area contributed by atoms with Crippen molar-refractivity contribution in [1.29, 1.82) is 5.26 Å². The highest BCUT2D eigenvalue weighted by atomic mass is 16.3. The smallest absolute Gasteiger partial charge is 0.262 e. The summed E-state index contributed by atoms with van der Waals surface area (Å²) in [5.74, 6) is -0.360. The second-order valence-corrected chi connectivity index (χ2v) is 5.64. The zero-order valence-corrected chi connectivity index (χ0v) is 14.3. The number of hydrogen-bond acceptors (Lipinski definition) is 4. The fraction of sp³-hybridized carbons (Fsp3) is 0.444. The van der Waals surface area contributed by atoms with Crippen molar-refractivity contribution >= 4 is 17.7 Å². The lowest BCUT2D eigenvalue weighted by molar-refractivity contribution is -0.117. The third-order valence-electron chi connectivity index (χ3n) is 3.45. The van der Waals surface area contributed by atoms with Gasteiger partial charge in [-0.2, -0.15) is 5.26 Å². The van der Waals surface area contributed by atoms with E-state index >= 15 is 0 Å². The van der Waals surface area contributed by atoms with Crippen LogP contribution < -0.4 is 10.2 Å². The Bertz CT molecular complexity index is 615. The van der Waals surface area contributed by atoms with Gasteiger partial charge in [-0.25, -0.2) is 0 Å². The van der Waals surface area contributed by atoms with Gasteiger partial charge in [0.1, 0.15) is 11.6 Å². The highest BCUT2D eigenvalue weighted by Gasteiger charge is 2.11. The van der Waals surface area contributed by atoms with Crippen LogP contribution in [0.25, 0.3) is 6.08 Å². The Morgan fingerprint density at radius 3 is 2.65 bits per heavy atom. The fourth-order valence-corrected chi connectivity index (χ4v) is 2.25. The molecule has 1 aromatic rings. The van der Waals surface area contributed by atoms with Gasteiger partial charge >= 0.3 is 0 Å². The van der Waals surface area contributed by atoms with E-state index in [4.69, 9.17) is 5.11 Å². The molecule has 0 heterocycles. The number of rotatable bonds is 7. The van der Waals surface area contributed by atoms with Crippen molar-refractivity contribution in [2.45, 2.75) is 33.7 Å². The van der Waals surface area contributed by atoms with Crippen LogP contribution in [0.1, 0.15) is 31.9 Å². The van der Waals surface area contributed by atoms with Crippen LogP contribution in [0.5, 0.6) is 0 Å². The minimum Gasteiger partial charge on any atom is -0.395 e. The zero-order valence-electron chi connectivity index (χ0n) is 14.3. The number of nitriles is 1. The van der Waals surface area contributed by atoms with Crippen molar-refractivity contribution in [3.63, 3.8) is 0 Å². The maximum Gasteiger partial charge on any atom is 0.262 e. The number of likely N-dealkylation sites (N-methyl/N-ethyl adjacent to an activating group) is 1. The van der Waals surface area contributed by atoms with E-state index in [9.17, 15) is 10.1 Å². The number of aliphatic hydroxyl groups is 1. The van der Waals surface area contributed by atoms with Crippen LogP contribution in [0.15, 0.2) is 23.8 Å². The summed E-state index contributed by atoms with van der Waals surface area (Å²) in [5, 5.41) is 21.0. The number of nitrogens with one attached hydrogen (secondary N) is 1. The van der Waals surface area contributed by atoms with E-state index in [1.165, 1.54) is 0 Å². The summed E-state index contributed by atoms with van der Waals surface area (Å²) in [4.78, 5) is 14.0. The molecule has 0 aliphatic carbocycles. The lowest BCUT2D eigenvalue weighted by atomic mass is 10.0. The summed E-state index contributed by atoms with van der Waals surface area (Å²) in [7, 11) is 0. The average molecular weight is 315 g/mol. The quantitative estimate of drug-likeness (QED) is 0.597. The van der Waals surface area contributed by atoms with Crippen molar-refractivity contribution in [2.24, 2.45) is 0 Å². The summed E-state index contributed by atoms with van der Waals surface area (Å²) in [6.07, 6.45) is 1.61. The Labute approximate surface area is 138 Å². The number of aliphatic hydroxyl groups excluding tert-OH is 1. The molecule has 0 bridgehead atoms. The van der Waals surface area contributed by atoms with Crippen LogP contribution >= 0.6 is 0 Å². The van der Waals surface area contributed by atoms with Crippen molar-refractivity contribution < 1.29 is 9.90 Å². The molecule has 1 amide bonds. The summed E-state index contributed by atoms with van der Waals surface area (Å²) in [5.41, 5.74) is 2.92. The predicted molar refractivity (Wildman–Crippen MR) is 93.0 cm³/mol. The molecule has 0 radical (unpaired) electrons. The third-order valence-corrected chi connectivity index (χ3v) is 3.45. The van der Waals surface area contributed by atoms with Gasteiger partial charge in [-0.05, 0) is 57.0 Å². The van der Waals surface area contributed by atoms with Gasteiger partial charge in [0.2, 0.25) is 0 Å². The Morgan fingerprint density at radius 2 is 2.17 bits per heavy atom. The lowest BCUT2D eigenvalue weighted by Crippen LogP contribution is -2.30. The Morgan fingerprint density at radius 1 is 1.48 bits per heavy atom. The molecule has 1 aromatic carbocycles. The van der Waals surface area contributed by atoms with Gasteiger partial charge < -0.3 is 15.3 Å². The molecule has 1 rings (SSSR count). The number of carbonyl (C=O) groups excluding carboxylic acids is 1. The first kappa shape index (κ1) is 18.7. The van der Waals surface area contributed by atoms with Gasteiger partial charge in [0.15, 0.2) is 0 Å². The number of benzene rings is 1. The molecule has 0 aliphatic rings. The van der Waals surface area contributed by atoms with E-state index in [0.717, 1.165) is 23.4 Å². The molecule has 0 fully saturated rings. The number of nitrogens with zero attached hydrogens (tertiary/aromatic N) is 2. The zero-order chi connectivity index (χ0) is 17.4. The third kappa shape index (κ3) is 5.42. The fourth-order valence-electron chi connectivity index (χ4n) is 2.25. The molecular weight excluding hydrogens is 290 g/mol. The number of hydrogen-bond donors (Lipinski definition) is 2. The molecule has 0 aromatic heterocycles. The van der Waals surface area contributed by atoms with E-state index in [0.29, 0.717) is 6.54 Å². The molecular formula is C18H25N3O2. The van der Waals surface area contributed by atoms with Crippen LogP contribution in [0, 0.1) is 18.3 Å². The molecule has 0 atom stereocenters. The standard InChI is InChI=1S/C18H25N3O2/c1-5-21(8-9-22)17-7-6-15(14(4)10-17)11-16(12-19)18(23)20-13(2)3/h6-7,10-11,13,22H,5,8-9H2,1-4H3,(H,20,23)/b16-11+. The first-order chi connectivity index (χ1) is 10.9.